The van der Waals surface area contributed by atoms with E-state index >= 15 is 0 Å². The summed E-state index contributed by atoms with van der Waals surface area (Å²) in [5.74, 6) is 0.191. The fraction of sp³-hybridized carbons (Fsp3) is 0.263. The van der Waals surface area contributed by atoms with E-state index in [1.807, 2.05) is 12.1 Å². The Hall–Kier alpha value is -3.06. The van der Waals surface area contributed by atoms with Crippen molar-refractivity contribution in [2.75, 3.05) is 33.3 Å². The van der Waals surface area contributed by atoms with Gasteiger partial charge in [-0.3, -0.25) is 9.59 Å². The molecule has 2 N–H and O–H groups in total. The lowest BCUT2D eigenvalue weighted by Crippen LogP contribution is -2.48. The lowest BCUT2D eigenvalue weighted by Gasteiger charge is -2.28. The van der Waals surface area contributed by atoms with Crippen LogP contribution in [0.5, 0.6) is 5.75 Å². The van der Waals surface area contributed by atoms with Crippen LogP contribution in [0.4, 0.5) is 0 Å². The van der Waals surface area contributed by atoms with Gasteiger partial charge in [0.15, 0.2) is 5.76 Å². The van der Waals surface area contributed by atoms with E-state index in [4.69, 9.17) is 9.15 Å². The smallest absolute Gasteiger partial charge is 0.291 e. The summed E-state index contributed by atoms with van der Waals surface area (Å²) in [5, 5.41) is 5.88. The van der Waals surface area contributed by atoms with Crippen LogP contribution in [0, 0.1) is 0 Å². The molecular weight excluding hydrogens is 334 g/mol. The molecule has 0 saturated carbocycles. The highest BCUT2D eigenvalue weighted by atomic mass is 16.5. The van der Waals surface area contributed by atoms with E-state index in [1.165, 1.54) is 6.26 Å². The molecule has 7 heteroatoms. The molecular formula is C19H21N3O4. The average Bonchev–Trinajstić information content (AvgIpc) is 3.23. The molecule has 1 saturated heterocycles. The first kappa shape index (κ1) is 17.8. The van der Waals surface area contributed by atoms with Crippen molar-refractivity contribution in [2.24, 2.45) is 0 Å². The normalized spacial score (nSPS) is 14.8. The van der Waals surface area contributed by atoms with Gasteiger partial charge in [0.2, 0.25) is 0 Å². The number of piperazine rings is 1. The summed E-state index contributed by atoms with van der Waals surface area (Å²) in [7, 11) is 1.59. The van der Waals surface area contributed by atoms with Crippen molar-refractivity contribution in [3.63, 3.8) is 0 Å². The third-order valence-electron chi connectivity index (χ3n) is 4.05. The molecule has 1 aliphatic rings. The first-order valence-corrected chi connectivity index (χ1v) is 8.38. The summed E-state index contributed by atoms with van der Waals surface area (Å²) in [6.07, 6.45) is 3.07. The minimum absolute atomic E-state index is 0.152. The van der Waals surface area contributed by atoms with Crippen molar-refractivity contribution in [1.29, 1.82) is 0 Å². The number of furan rings is 1. The molecule has 1 aromatic carbocycles. The fourth-order valence-electron chi connectivity index (χ4n) is 2.65. The van der Waals surface area contributed by atoms with Crippen LogP contribution >= 0.6 is 0 Å². The third-order valence-corrected chi connectivity index (χ3v) is 4.05. The molecule has 0 bridgehead atoms. The number of amides is 2. The zero-order valence-electron chi connectivity index (χ0n) is 14.5. The van der Waals surface area contributed by atoms with Gasteiger partial charge in [0.05, 0.1) is 13.4 Å². The molecule has 136 valence electrons. The van der Waals surface area contributed by atoms with Crippen molar-refractivity contribution in [2.45, 2.75) is 0 Å². The molecule has 0 atom stereocenters. The number of carbonyl (C=O) groups excluding carboxylic acids is 2. The predicted molar refractivity (Wildman–Crippen MR) is 96.6 cm³/mol. The highest BCUT2D eigenvalue weighted by Crippen LogP contribution is 2.15. The maximum atomic E-state index is 12.9. The summed E-state index contributed by atoms with van der Waals surface area (Å²) in [6, 6.07) is 10.4. The molecule has 7 nitrogen and oxygen atoms in total. The second-order valence-electron chi connectivity index (χ2n) is 5.80. The summed E-state index contributed by atoms with van der Waals surface area (Å²) in [6.45, 7) is 2.65. The number of hydrogen-bond donors (Lipinski definition) is 2. The minimum atomic E-state index is -0.460. The molecule has 1 aliphatic heterocycles. The number of benzene rings is 1. The number of nitrogens with zero attached hydrogens (tertiary/aromatic N) is 1. The Morgan fingerprint density at radius 2 is 1.92 bits per heavy atom. The first-order chi connectivity index (χ1) is 12.7. The van der Waals surface area contributed by atoms with E-state index in [9.17, 15) is 9.59 Å². The van der Waals surface area contributed by atoms with Crippen molar-refractivity contribution >= 4 is 17.9 Å². The standard InChI is InChI=1S/C19H21N3O4/c1-25-15-6-4-14(5-7-15)13-16(19(24)22-10-8-20-9-11-22)21-18(23)17-3-2-12-26-17/h2-7,12-13,20H,8-11H2,1H3,(H,21,23). The lowest BCUT2D eigenvalue weighted by atomic mass is 10.1. The Morgan fingerprint density at radius 1 is 1.19 bits per heavy atom. The highest BCUT2D eigenvalue weighted by molar-refractivity contribution is 6.04. The number of carbonyl (C=O) groups is 2. The van der Waals surface area contributed by atoms with E-state index in [0.717, 1.165) is 24.4 Å². The Balaban J connectivity index is 1.85. The van der Waals surface area contributed by atoms with Crippen molar-refractivity contribution in [1.82, 2.24) is 15.5 Å². The fourth-order valence-corrected chi connectivity index (χ4v) is 2.65. The van der Waals surface area contributed by atoms with Crippen LogP contribution in [-0.2, 0) is 4.79 Å². The Morgan fingerprint density at radius 3 is 2.54 bits per heavy atom. The largest absolute Gasteiger partial charge is 0.497 e. The molecule has 0 unspecified atom stereocenters. The quantitative estimate of drug-likeness (QED) is 0.794. The second-order valence-corrected chi connectivity index (χ2v) is 5.80. The maximum Gasteiger partial charge on any atom is 0.291 e. The van der Waals surface area contributed by atoms with Crippen molar-refractivity contribution in [3.8, 4) is 5.75 Å². The topological polar surface area (TPSA) is 83.8 Å². The van der Waals surface area contributed by atoms with Gasteiger partial charge in [-0.1, -0.05) is 12.1 Å². The molecule has 2 amide bonds. The average molecular weight is 355 g/mol. The molecule has 3 rings (SSSR count). The van der Waals surface area contributed by atoms with Gasteiger partial charge in [0.1, 0.15) is 11.4 Å². The van der Waals surface area contributed by atoms with Gasteiger partial charge in [-0.15, -0.1) is 0 Å². The van der Waals surface area contributed by atoms with E-state index < -0.39 is 5.91 Å². The molecule has 2 aromatic rings. The van der Waals surface area contributed by atoms with Gasteiger partial charge in [-0.25, -0.2) is 0 Å². The summed E-state index contributed by atoms with van der Waals surface area (Å²) in [5.41, 5.74) is 0.988. The van der Waals surface area contributed by atoms with Gasteiger partial charge in [-0.05, 0) is 35.9 Å². The number of hydrogen-bond acceptors (Lipinski definition) is 5. The first-order valence-electron chi connectivity index (χ1n) is 8.38. The van der Waals surface area contributed by atoms with E-state index in [0.29, 0.717) is 13.1 Å². The summed E-state index contributed by atoms with van der Waals surface area (Å²) in [4.78, 5) is 27.0. The Labute approximate surface area is 151 Å². The van der Waals surface area contributed by atoms with Crippen LogP contribution in [0.25, 0.3) is 6.08 Å². The van der Waals surface area contributed by atoms with Crippen molar-refractivity contribution in [3.05, 3.63) is 59.7 Å². The van der Waals surface area contributed by atoms with Gasteiger partial charge in [0.25, 0.3) is 11.8 Å². The minimum Gasteiger partial charge on any atom is -0.497 e. The molecule has 0 aliphatic carbocycles. The van der Waals surface area contributed by atoms with Crippen LogP contribution in [0.2, 0.25) is 0 Å². The monoisotopic (exact) mass is 355 g/mol. The molecule has 0 spiro atoms. The SMILES string of the molecule is COc1ccc(C=C(NC(=O)c2ccco2)C(=O)N2CCNCC2)cc1. The molecule has 1 aromatic heterocycles. The van der Waals surface area contributed by atoms with Crippen LogP contribution in [0.1, 0.15) is 16.1 Å². The third kappa shape index (κ3) is 4.31. The van der Waals surface area contributed by atoms with Crippen LogP contribution in [0.15, 0.2) is 52.8 Å². The van der Waals surface area contributed by atoms with E-state index in [2.05, 4.69) is 10.6 Å². The Kier molecular flexibility index (Phi) is 5.70. The molecule has 1 fully saturated rings. The van der Waals surface area contributed by atoms with Crippen molar-refractivity contribution < 1.29 is 18.7 Å². The van der Waals surface area contributed by atoms with E-state index in [-0.39, 0.29) is 17.4 Å². The Bertz CT molecular complexity index is 776. The number of methoxy groups -OCH3 is 1. The highest BCUT2D eigenvalue weighted by Gasteiger charge is 2.22. The number of ether oxygens (including phenoxy) is 1. The number of rotatable bonds is 5. The molecule has 0 radical (unpaired) electrons. The zero-order chi connectivity index (χ0) is 18.4. The summed E-state index contributed by atoms with van der Waals surface area (Å²) < 4.78 is 10.3. The predicted octanol–water partition coefficient (Wildman–Crippen LogP) is 1.49. The van der Waals surface area contributed by atoms with Gasteiger partial charge >= 0.3 is 0 Å². The number of nitrogens with one attached hydrogen (secondary N) is 2. The van der Waals surface area contributed by atoms with Crippen LogP contribution in [0.3, 0.4) is 0 Å². The maximum absolute atomic E-state index is 12.9. The van der Waals surface area contributed by atoms with Gasteiger partial charge in [0, 0.05) is 26.2 Å². The van der Waals surface area contributed by atoms with Crippen LogP contribution in [-0.4, -0.2) is 50.0 Å². The second kappa shape index (κ2) is 8.35. The summed E-state index contributed by atoms with van der Waals surface area (Å²) >= 11 is 0. The zero-order valence-corrected chi connectivity index (χ0v) is 14.5. The molecule has 2 heterocycles. The van der Waals surface area contributed by atoms with Crippen LogP contribution < -0.4 is 15.4 Å². The van der Waals surface area contributed by atoms with Gasteiger partial charge in [-0.2, -0.15) is 0 Å². The van der Waals surface area contributed by atoms with Gasteiger partial charge < -0.3 is 24.7 Å². The lowest BCUT2D eigenvalue weighted by molar-refractivity contribution is -0.127. The van der Waals surface area contributed by atoms with E-state index in [1.54, 1.807) is 42.4 Å². The molecule has 26 heavy (non-hydrogen) atoms.